The second-order valence-corrected chi connectivity index (χ2v) is 8.71. The van der Waals surface area contributed by atoms with Crippen molar-refractivity contribution in [2.75, 3.05) is 18.4 Å². The van der Waals surface area contributed by atoms with Crippen molar-refractivity contribution in [3.8, 4) is 0 Å². The molecule has 1 saturated heterocycles. The lowest BCUT2D eigenvalue weighted by Gasteiger charge is -2.13. The minimum absolute atomic E-state index is 0.133. The highest BCUT2D eigenvalue weighted by Crippen LogP contribution is 2.33. The van der Waals surface area contributed by atoms with Gasteiger partial charge in [-0.25, -0.2) is 4.98 Å². The summed E-state index contributed by atoms with van der Waals surface area (Å²) in [5, 5.41) is 3.24. The molecule has 1 fully saturated rings. The molecule has 0 saturated carbocycles. The van der Waals surface area contributed by atoms with Crippen molar-refractivity contribution in [1.82, 2.24) is 14.3 Å². The van der Waals surface area contributed by atoms with Crippen molar-refractivity contribution in [3.05, 3.63) is 44.7 Å². The molecule has 0 atom stereocenters. The smallest absolute Gasteiger partial charge is 0.267 e. The average Bonchev–Trinajstić information content (AvgIpc) is 2.97. The lowest BCUT2D eigenvalue weighted by Crippen LogP contribution is -2.29. The van der Waals surface area contributed by atoms with Crippen LogP contribution in [0, 0.1) is 6.92 Å². The standard InChI is InChI=1S/C21H26N4O2S2/c1-4-6-7-11-25-20(27)16(29-21(25)28)13-15-17(22-10-5-2)23-18-14(3)9-8-12-24(18)19(15)26/h8-9,12-13,22H,4-7,10-11H2,1-3H3/b16-13+. The molecule has 3 rings (SSSR count). The van der Waals surface area contributed by atoms with E-state index in [-0.39, 0.29) is 11.5 Å². The number of hydrogen-bond donors (Lipinski definition) is 1. The molecule has 1 aliphatic heterocycles. The summed E-state index contributed by atoms with van der Waals surface area (Å²) in [7, 11) is 0. The second-order valence-electron chi connectivity index (χ2n) is 7.03. The molecule has 0 unspecified atom stereocenters. The molecule has 154 valence electrons. The summed E-state index contributed by atoms with van der Waals surface area (Å²) in [5.41, 5.74) is 1.71. The molecule has 0 aromatic carbocycles. The Balaban J connectivity index is 2.04. The van der Waals surface area contributed by atoms with E-state index in [0.717, 1.165) is 31.2 Å². The van der Waals surface area contributed by atoms with E-state index in [0.29, 0.717) is 39.3 Å². The summed E-state index contributed by atoms with van der Waals surface area (Å²) in [4.78, 5) is 32.9. The topological polar surface area (TPSA) is 66.7 Å². The Bertz CT molecular complexity index is 1030. The van der Waals surface area contributed by atoms with Gasteiger partial charge in [-0.15, -0.1) is 0 Å². The van der Waals surface area contributed by atoms with Crippen LogP contribution in [0.3, 0.4) is 0 Å². The zero-order valence-electron chi connectivity index (χ0n) is 17.0. The van der Waals surface area contributed by atoms with E-state index in [1.807, 2.05) is 26.0 Å². The molecule has 6 nitrogen and oxygen atoms in total. The lowest BCUT2D eigenvalue weighted by molar-refractivity contribution is -0.122. The molecular formula is C21H26N4O2S2. The first-order chi connectivity index (χ1) is 14.0. The van der Waals surface area contributed by atoms with Crippen LogP contribution >= 0.6 is 24.0 Å². The Hall–Kier alpha value is -2.19. The third-order valence-corrected chi connectivity index (χ3v) is 6.14. The van der Waals surface area contributed by atoms with Crippen molar-refractivity contribution in [2.45, 2.75) is 46.5 Å². The number of carbonyl (C=O) groups excluding carboxylic acids is 1. The van der Waals surface area contributed by atoms with Crippen molar-refractivity contribution >= 4 is 51.7 Å². The molecule has 1 amide bonds. The Kier molecular flexibility index (Phi) is 7.08. The Morgan fingerprint density at radius 3 is 2.76 bits per heavy atom. The highest BCUT2D eigenvalue weighted by Gasteiger charge is 2.32. The molecule has 2 aromatic heterocycles. The predicted molar refractivity (Wildman–Crippen MR) is 124 cm³/mol. The summed E-state index contributed by atoms with van der Waals surface area (Å²) in [6.45, 7) is 7.40. The molecule has 3 heterocycles. The van der Waals surface area contributed by atoms with Crippen molar-refractivity contribution in [1.29, 1.82) is 0 Å². The van der Waals surface area contributed by atoms with Gasteiger partial charge in [0.15, 0.2) is 0 Å². The van der Waals surface area contributed by atoms with Gasteiger partial charge in [0.05, 0.1) is 10.5 Å². The quantitative estimate of drug-likeness (QED) is 0.384. The number of aromatic nitrogens is 2. The largest absolute Gasteiger partial charge is 0.369 e. The fraction of sp³-hybridized carbons (Fsp3) is 0.429. The SMILES string of the molecule is CCCCCN1C(=O)/C(=C\c2c(NCCC)nc3c(C)cccn3c2=O)SC1=S. The molecule has 1 aliphatic rings. The number of nitrogens with zero attached hydrogens (tertiary/aromatic N) is 3. The maximum atomic E-state index is 13.2. The number of hydrogen-bond acceptors (Lipinski definition) is 6. The fourth-order valence-electron chi connectivity index (χ4n) is 3.16. The van der Waals surface area contributed by atoms with Gasteiger partial charge in [-0.3, -0.25) is 18.9 Å². The zero-order valence-corrected chi connectivity index (χ0v) is 18.7. The molecule has 0 radical (unpaired) electrons. The second kappa shape index (κ2) is 9.54. The van der Waals surface area contributed by atoms with Crippen molar-refractivity contribution < 1.29 is 4.79 Å². The molecule has 29 heavy (non-hydrogen) atoms. The number of anilines is 1. The monoisotopic (exact) mass is 430 g/mol. The molecule has 8 heteroatoms. The fourth-order valence-corrected chi connectivity index (χ4v) is 4.45. The van der Waals surface area contributed by atoms with Gasteiger partial charge in [-0.05, 0) is 37.5 Å². The van der Waals surface area contributed by atoms with Crippen molar-refractivity contribution in [2.24, 2.45) is 0 Å². The summed E-state index contributed by atoms with van der Waals surface area (Å²) in [6, 6.07) is 3.74. The maximum absolute atomic E-state index is 13.2. The van der Waals surface area contributed by atoms with Gasteiger partial charge in [0.25, 0.3) is 11.5 Å². The van der Waals surface area contributed by atoms with E-state index >= 15 is 0 Å². The summed E-state index contributed by atoms with van der Waals surface area (Å²) in [6.07, 6.45) is 7.29. The lowest BCUT2D eigenvalue weighted by atomic mass is 10.2. The first-order valence-corrected chi connectivity index (χ1v) is 11.2. The minimum atomic E-state index is -0.200. The molecule has 0 bridgehead atoms. The first-order valence-electron chi connectivity index (χ1n) is 9.99. The zero-order chi connectivity index (χ0) is 21.0. The van der Waals surface area contributed by atoms with Crippen LogP contribution in [0.1, 0.15) is 50.7 Å². The van der Waals surface area contributed by atoms with Crippen molar-refractivity contribution in [3.63, 3.8) is 0 Å². The van der Waals surface area contributed by atoms with E-state index < -0.39 is 0 Å². The van der Waals surface area contributed by atoms with Gasteiger partial charge < -0.3 is 5.32 Å². The number of fused-ring (bicyclic) bond motifs is 1. The third-order valence-electron chi connectivity index (χ3n) is 4.76. The number of thiocarbonyl (C=S) groups is 1. The van der Waals surface area contributed by atoms with Crippen LogP contribution in [0.5, 0.6) is 0 Å². The minimum Gasteiger partial charge on any atom is -0.369 e. The van der Waals surface area contributed by atoms with E-state index in [1.54, 1.807) is 17.2 Å². The Morgan fingerprint density at radius 1 is 1.24 bits per heavy atom. The Morgan fingerprint density at radius 2 is 2.03 bits per heavy atom. The summed E-state index contributed by atoms with van der Waals surface area (Å²) in [5.74, 6) is 0.369. The van der Waals surface area contributed by atoms with Crippen LogP contribution in [0.25, 0.3) is 11.7 Å². The van der Waals surface area contributed by atoms with Gasteiger partial charge >= 0.3 is 0 Å². The third kappa shape index (κ3) is 4.53. The number of thioether (sulfide) groups is 1. The maximum Gasteiger partial charge on any atom is 0.267 e. The molecule has 2 aromatic rings. The molecule has 0 spiro atoms. The number of rotatable bonds is 8. The van der Waals surface area contributed by atoms with Gasteiger partial charge in [-0.1, -0.05) is 56.7 Å². The van der Waals surface area contributed by atoms with Gasteiger partial charge in [0.2, 0.25) is 0 Å². The van der Waals surface area contributed by atoms with E-state index in [1.165, 1.54) is 16.2 Å². The van der Waals surface area contributed by atoms with Gasteiger partial charge in [0.1, 0.15) is 15.8 Å². The summed E-state index contributed by atoms with van der Waals surface area (Å²) >= 11 is 6.65. The molecule has 0 aliphatic carbocycles. The normalized spacial score (nSPS) is 15.7. The van der Waals surface area contributed by atoms with E-state index in [4.69, 9.17) is 12.2 Å². The Labute approximate surface area is 180 Å². The van der Waals surface area contributed by atoms with Crippen LogP contribution < -0.4 is 10.9 Å². The predicted octanol–water partition coefficient (Wildman–Crippen LogP) is 4.22. The number of carbonyl (C=O) groups is 1. The number of unbranched alkanes of at least 4 members (excludes halogenated alkanes) is 2. The average molecular weight is 431 g/mol. The number of pyridine rings is 1. The highest BCUT2D eigenvalue weighted by atomic mass is 32.2. The van der Waals surface area contributed by atoms with Crippen LogP contribution in [-0.4, -0.2) is 37.6 Å². The van der Waals surface area contributed by atoms with Gasteiger partial charge in [0, 0.05) is 19.3 Å². The number of nitrogens with one attached hydrogen (secondary N) is 1. The first kappa shape index (κ1) is 21.5. The molecule has 1 N–H and O–H groups in total. The number of aryl methyl sites for hydroxylation is 1. The van der Waals surface area contributed by atoms with Crippen LogP contribution in [0.2, 0.25) is 0 Å². The van der Waals surface area contributed by atoms with Gasteiger partial charge in [-0.2, -0.15) is 0 Å². The van der Waals surface area contributed by atoms with E-state index in [9.17, 15) is 9.59 Å². The summed E-state index contributed by atoms with van der Waals surface area (Å²) < 4.78 is 2.07. The van der Waals surface area contributed by atoms with E-state index in [2.05, 4.69) is 17.2 Å². The van der Waals surface area contributed by atoms with Crippen LogP contribution in [-0.2, 0) is 4.79 Å². The molecular weight excluding hydrogens is 404 g/mol. The number of amides is 1. The van der Waals surface area contributed by atoms with Crippen LogP contribution in [0.4, 0.5) is 5.82 Å². The van der Waals surface area contributed by atoms with Crippen LogP contribution in [0.15, 0.2) is 28.0 Å². The highest BCUT2D eigenvalue weighted by molar-refractivity contribution is 8.26.